The van der Waals surface area contributed by atoms with Gasteiger partial charge < -0.3 is 4.90 Å². The van der Waals surface area contributed by atoms with E-state index in [9.17, 15) is 17.6 Å². The Morgan fingerprint density at radius 2 is 1.88 bits per heavy atom. The van der Waals surface area contributed by atoms with Crippen LogP contribution >= 0.6 is 11.6 Å². The van der Waals surface area contributed by atoms with Gasteiger partial charge in [0.15, 0.2) is 9.84 Å². The lowest BCUT2D eigenvalue weighted by atomic mass is 10.1. The van der Waals surface area contributed by atoms with E-state index in [0.717, 1.165) is 5.56 Å². The van der Waals surface area contributed by atoms with Gasteiger partial charge in [-0.05, 0) is 24.1 Å². The molecule has 4 nitrogen and oxygen atoms in total. The minimum Gasteiger partial charge on any atom is -0.334 e. The second-order valence-corrected chi connectivity index (χ2v) is 9.08. The van der Waals surface area contributed by atoms with Crippen molar-refractivity contribution in [1.82, 2.24) is 4.90 Å². The highest BCUT2D eigenvalue weighted by molar-refractivity contribution is 7.91. The maximum absolute atomic E-state index is 14.1. The van der Waals surface area contributed by atoms with Gasteiger partial charge >= 0.3 is 0 Å². The number of amides is 1. The topological polar surface area (TPSA) is 54.5 Å². The predicted molar refractivity (Wildman–Crippen MR) is 99.2 cm³/mol. The SMILES string of the molecule is O=C(Cc1c(F)cccc1Cl)N(Cc1ccccc1)[C@H]1CCS(=O)(=O)C1. The summed E-state index contributed by atoms with van der Waals surface area (Å²) in [6, 6.07) is 13.2. The molecule has 1 atom stereocenters. The second kappa shape index (κ2) is 7.76. The van der Waals surface area contributed by atoms with E-state index in [1.54, 1.807) is 4.90 Å². The fourth-order valence-corrected chi connectivity index (χ4v) is 5.14. The first-order valence-electron chi connectivity index (χ1n) is 8.32. The number of benzene rings is 2. The molecule has 1 fully saturated rings. The van der Waals surface area contributed by atoms with Crippen molar-refractivity contribution in [2.75, 3.05) is 11.5 Å². The van der Waals surface area contributed by atoms with Crippen LogP contribution in [0.5, 0.6) is 0 Å². The van der Waals surface area contributed by atoms with E-state index in [-0.39, 0.29) is 41.0 Å². The second-order valence-electron chi connectivity index (χ2n) is 6.44. The Kier molecular flexibility index (Phi) is 5.63. The van der Waals surface area contributed by atoms with Crippen LogP contribution in [-0.2, 0) is 27.6 Å². The molecule has 1 amide bonds. The van der Waals surface area contributed by atoms with Crippen LogP contribution in [0.1, 0.15) is 17.5 Å². The van der Waals surface area contributed by atoms with Crippen LogP contribution < -0.4 is 0 Å². The molecule has 2 aromatic rings. The molecule has 1 heterocycles. The van der Waals surface area contributed by atoms with Gasteiger partial charge in [-0.2, -0.15) is 0 Å². The molecule has 7 heteroatoms. The molecule has 26 heavy (non-hydrogen) atoms. The lowest BCUT2D eigenvalue weighted by molar-refractivity contribution is -0.133. The number of sulfone groups is 1. The monoisotopic (exact) mass is 395 g/mol. The highest BCUT2D eigenvalue weighted by atomic mass is 35.5. The smallest absolute Gasteiger partial charge is 0.227 e. The average molecular weight is 396 g/mol. The summed E-state index contributed by atoms with van der Waals surface area (Å²) < 4.78 is 37.8. The van der Waals surface area contributed by atoms with Crippen molar-refractivity contribution in [3.05, 3.63) is 70.5 Å². The van der Waals surface area contributed by atoms with E-state index in [1.165, 1.54) is 18.2 Å². The number of halogens is 2. The van der Waals surface area contributed by atoms with Crippen molar-refractivity contribution in [1.29, 1.82) is 0 Å². The third-order valence-corrected chi connectivity index (χ3v) is 6.66. The van der Waals surface area contributed by atoms with E-state index >= 15 is 0 Å². The van der Waals surface area contributed by atoms with Gasteiger partial charge in [0.1, 0.15) is 5.82 Å². The fraction of sp³-hybridized carbons (Fsp3) is 0.316. The van der Waals surface area contributed by atoms with Gasteiger partial charge in [0.05, 0.1) is 17.9 Å². The third-order valence-electron chi connectivity index (χ3n) is 4.55. The maximum Gasteiger partial charge on any atom is 0.227 e. The first-order chi connectivity index (χ1) is 12.4. The molecule has 3 rings (SSSR count). The summed E-state index contributed by atoms with van der Waals surface area (Å²) in [5.41, 5.74) is 1.03. The van der Waals surface area contributed by atoms with Crippen LogP contribution in [-0.4, -0.2) is 36.8 Å². The first kappa shape index (κ1) is 18.9. The highest BCUT2D eigenvalue weighted by Gasteiger charge is 2.35. The Balaban J connectivity index is 1.86. The molecule has 1 aliphatic rings. The minimum atomic E-state index is -3.15. The van der Waals surface area contributed by atoms with Gasteiger partial charge in [0, 0.05) is 23.2 Å². The van der Waals surface area contributed by atoms with Crippen molar-refractivity contribution >= 4 is 27.3 Å². The van der Waals surface area contributed by atoms with E-state index in [4.69, 9.17) is 11.6 Å². The maximum atomic E-state index is 14.1. The largest absolute Gasteiger partial charge is 0.334 e. The van der Waals surface area contributed by atoms with Crippen molar-refractivity contribution < 1.29 is 17.6 Å². The molecule has 1 saturated heterocycles. The molecular formula is C19H19ClFNO3S. The summed E-state index contributed by atoms with van der Waals surface area (Å²) in [4.78, 5) is 14.5. The number of carbonyl (C=O) groups excluding carboxylic acids is 1. The number of carbonyl (C=O) groups is 1. The average Bonchev–Trinajstić information content (AvgIpc) is 2.96. The van der Waals surface area contributed by atoms with Crippen molar-refractivity contribution in [3.63, 3.8) is 0 Å². The Morgan fingerprint density at radius 1 is 1.15 bits per heavy atom. The predicted octanol–water partition coefficient (Wildman–Crippen LogP) is 3.24. The molecule has 0 bridgehead atoms. The quantitative estimate of drug-likeness (QED) is 0.781. The lowest BCUT2D eigenvalue weighted by Crippen LogP contribution is -2.41. The molecule has 0 aromatic heterocycles. The van der Waals surface area contributed by atoms with Crippen LogP contribution in [0.15, 0.2) is 48.5 Å². The molecule has 0 saturated carbocycles. The molecule has 0 spiro atoms. The van der Waals surface area contributed by atoms with Crippen LogP contribution in [0.25, 0.3) is 0 Å². The van der Waals surface area contributed by atoms with Crippen molar-refractivity contribution in [3.8, 4) is 0 Å². The minimum absolute atomic E-state index is 0.0590. The van der Waals surface area contributed by atoms with Crippen molar-refractivity contribution in [2.24, 2.45) is 0 Å². The lowest BCUT2D eigenvalue weighted by Gasteiger charge is -2.29. The van der Waals surface area contributed by atoms with E-state index in [0.29, 0.717) is 6.42 Å². The van der Waals surface area contributed by atoms with Gasteiger partial charge in [-0.25, -0.2) is 12.8 Å². The molecule has 2 aromatic carbocycles. The summed E-state index contributed by atoms with van der Waals surface area (Å²) >= 11 is 6.04. The molecule has 1 aliphatic heterocycles. The third kappa shape index (κ3) is 4.43. The highest BCUT2D eigenvalue weighted by Crippen LogP contribution is 2.24. The zero-order valence-corrected chi connectivity index (χ0v) is 15.6. The summed E-state index contributed by atoms with van der Waals surface area (Å²) in [6.07, 6.45) is 0.195. The van der Waals surface area contributed by atoms with Gasteiger partial charge in [-0.15, -0.1) is 0 Å². The molecule has 138 valence electrons. The zero-order chi connectivity index (χ0) is 18.7. The van der Waals surface area contributed by atoms with E-state index in [1.807, 2.05) is 30.3 Å². The normalized spacial score (nSPS) is 18.6. The number of nitrogens with zero attached hydrogens (tertiary/aromatic N) is 1. The molecule has 0 radical (unpaired) electrons. The summed E-state index contributed by atoms with van der Waals surface area (Å²) in [5, 5.41) is 0.192. The van der Waals surface area contributed by atoms with Crippen LogP contribution in [0.3, 0.4) is 0 Å². The molecule has 0 N–H and O–H groups in total. The molecule has 0 unspecified atom stereocenters. The Hall–Kier alpha value is -1.92. The zero-order valence-electron chi connectivity index (χ0n) is 14.1. The fourth-order valence-electron chi connectivity index (χ4n) is 3.18. The Labute approximate surface area is 157 Å². The summed E-state index contributed by atoms with van der Waals surface area (Å²) in [7, 11) is -3.15. The Morgan fingerprint density at radius 3 is 2.50 bits per heavy atom. The van der Waals surface area contributed by atoms with Crippen LogP contribution in [0.4, 0.5) is 4.39 Å². The molecule has 0 aliphatic carbocycles. The van der Waals surface area contributed by atoms with Crippen molar-refractivity contribution in [2.45, 2.75) is 25.4 Å². The van der Waals surface area contributed by atoms with Crippen LogP contribution in [0, 0.1) is 5.82 Å². The van der Waals surface area contributed by atoms with Gasteiger partial charge in [0.25, 0.3) is 0 Å². The van der Waals surface area contributed by atoms with E-state index < -0.39 is 21.7 Å². The Bertz CT molecular complexity index is 882. The van der Waals surface area contributed by atoms with Crippen LogP contribution in [0.2, 0.25) is 5.02 Å². The summed E-state index contributed by atoms with van der Waals surface area (Å²) in [5.74, 6) is -0.861. The number of hydrogen-bond donors (Lipinski definition) is 0. The molecular weight excluding hydrogens is 377 g/mol. The van der Waals surface area contributed by atoms with Gasteiger partial charge in [0.2, 0.25) is 5.91 Å². The number of rotatable bonds is 5. The van der Waals surface area contributed by atoms with E-state index in [2.05, 4.69) is 0 Å². The first-order valence-corrected chi connectivity index (χ1v) is 10.5. The summed E-state index contributed by atoms with van der Waals surface area (Å²) in [6.45, 7) is 0.284. The standard InChI is InChI=1S/C19H19ClFNO3S/c20-17-7-4-8-18(21)16(17)11-19(23)22(12-14-5-2-1-3-6-14)15-9-10-26(24,25)13-15/h1-8,15H,9-13H2/t15-/m0/s1. The number of hydrogen-bond acceptors (Lipinski definition) is 3. The van der Waals surface area contributed by atoms with Gasteiger partial charge in [-0.1, -0.05) is 48.0 Å². The van der Waals surface area contributed by atoms with Gasteiger partial charge in [-0.3, -0.25) is 4.79 Å².